The van der Waals surface area contributed by atoms with Gasteiger partial charge < -0.3 is 10.4 Å². The summed E-state index contributed by atoms with van der Waals surface area (Å²) in [4.78, 5) is 14.7. The minimum Gasteiger partial charge on any atom is -0.478 e. The van der Waals surface area contributed by atoms with E-state index in [0.717, 1.165) is 6.42 Å². The van der Waals surface area contributed by atoms with Crippen LogP contribution >= 0.6 is 0 Å². The van der Waals surface area contributed by atoms with Gasteiger partial charge in [-0.3, -0.25) is 0 Å². The van der Waals surface area contributed by atoms with Gasteiger partial charge in [0, 0.05) is 12.7 Å². The summed E-state index contributed by atoms with van der Waals surface area (Å²) in [6.07, 6.45) is 6.13. The molecule has 2 N–H and O–H groups in total. The number of carbonyl (C=O) groups is 1. The standard InChI is InChI=1S/C14H19FN2O2/c1-9-4-2-3-5-10(9)8-17-13-12(15)11(14(18)19)6-7-16-13/h6-7,9-10H,2-5,8H2,1H3,(H,16,17)(H,18,19). The van der Waals surface area contributed by atoms with Gasteiger partial charge in [-0.2, -0.15) is 0 Å². The number of nitrogens with zero attached hydrogens (tertiary/aromatic N) is 1. The summed E-state index contributed by atoms with van der Waals surface area (Å²) in [5.41, 5.74) is -0.339. The van der Waals surface area contributed by atoms with Crippen molar-refractivity contribution in [3.63, 3.8) is 0 Å². The second-order valence-electron chi connectivity index (χ2n) is 5.23. The van der Waals surface area contributed by atoms with Gasteiger partial charge >= 0.3 is 5.97 Å². The predicted molar refractivity (Wildman–Crippen MR) is 70.8 cm³/mol. The van der Waals surface area contributed by atoms with E-state index in [4.69, 9.17) is 5.11 Å². The number of hydrogen-bond donors (Lipinski definition) is 2. The molecule has 1 aliphatic carbocycles. The van der Waals surface area contributed by atoms with E-state index in [9.17, 15) is 9.18 Å². The molecule has 1 fully saturated rings. The summed E-state index contributed by atoms with van der Waals surface area (Å²) in [5, 5.41) is 11.8. The molecule has 0 saturated heterocycles. The van der Waals surface area contributed by atoms with Crippen LogP contribution in [0.15, 0.2) is 12.3 Å². The Morgan fingerprint density at radius 2 is 2.26 bits per heavy atom. The fraction of sp³-hybridized carbons (Fsp3) is 0.571. The molecule has 0 aromatic carbocycles. The molecule has 2 rings (SSSR count). The van der Waals surface area contributed by atoms with Crippen molar-refractivity contribution in [2.24, 2.45) is 11.8 Å². The summed E-state index contributed by atoms with van der Waals surface area (Å²) in [7, 11) is 0. The first kappa shape index (κ1) is 13.8. The van der Waals surface area contributed by atoms with Crippen LogP contribution in [-0.4, -0.2) is 22.6 Å². The van der Waals surface area contributed by atoms with Crippen LogP contribution in [0.4, 0.5) is 10.2 Å². The molecule has 2 atom stereocenters. The van der Waals surface area contributed by atoms with E-state index in [1.807, 2.05) is 0 Å². The lowest BCUT2D eigenvalue weighted by Gasteiger charge is -2.29. The number of pyridine rings is 1. The third-order valence-corrected chi connectivity index (χ3v) is 3.94. The predicted octanol–water partition coefficient (Wildman–Crippen LogP) is 3.16. The van der Waals surface area contributed by atoms with Gasteiger partial charge in [-0.15, -0.1) is 0 Å². The fourth-order valence-corrected chi connectivity index (χ4v) is 2.66. The van der Waals surface area contributed by atoms with E-state index in [2.05, 4.69) is 17.2 Å². The lowest BCUT2D eigenvalue weighted by Crippen LogP contribution is -2.25. The Hall–Kier alpha value is -1.65. The average Bonchev–Trinajstić information content (AvgIpc) is 2.39. The highest BCUT2D eigenvalue weighted by atomic mass is 19.1. The van der Waals surface area contributed by atoms with Crippen LogP contribution in [0.5, 0.6) is 0 Å². The summed E-state index contributed by atoms with van der Waals surface area (Å²) in [6.45, 7) is 2.86. The van der Waals surface area contributed by atoms with Crippen molar-refractivity contribution in [1.29, 1.82) is 0 Å². The van der Waals surface area contributed by atoms with E-state index in [-0.39, 0.29) is 11.4 Å². The molecule has 0 amide bonds. The van der Waals surface area contributed by atoms with Gasteiger partial charge in [-0.25, -0.2) is 14.2 Å². The summed E-state index contributed by atoms with van der Waals surface area (Å²) in [5.74, 6) is -0.888. The average molecular weight is 266 g/mol. The van der Waals surface area contributed by atoms with Crippen molar-refractivity contribution in [1.82, 2.24) is 4.98 Å². The lowest BCUT2D eigenvalue weighted by molar-refractivity contribution is 0.0692. The second-order valence-corrected chi connectivity index (χ2v) is 5.23. The van der Waals surface area contributed by atoms with Crippen molar-refractivity contribution in [3.8, 4) is 0 Å². The molecule has 1 aliphatic rings. The smallest absolute Gasteiger partial charge is 0.338 e. The molecule has 0 bridgehead atoms. The first-order chi connectivity index (χ1) is 9.09. The number of carboxylic acid groups (broad SMARTS) is 1. The topological polar surface area (TPSA) is 62.2 Å². The van der Waals surface area contributed by atoms with Gasteiger partial charge in [-0.1, -0.05) is 26.2 Å². The molecule has 0 radical (unpaired) electrons. The van der Waals surface area contributed by atoms with Crippen molar-refractivity contribution < 1.29 is 14.3 Å². The molecule has 2 unspecified atom stereocenters. The van der Waals surface area contributed by atoms with Gasteiger partial charge in [-0.05, 0) is 24.3 Å². The first-order valence-electron chi connectivity index (χ1n) is 6.71. The van der Waals surface area contributed by atoms with E-state index < -0.39 is 11.8 Å². The minimum atomic E-state index is -1.27. The number of rotatable bonds is 4. The number of aromatic carboxylic acids is 1. The number of hydrogen-bond acceptors (Lipinski definition) is 3. The molecule has 0 aliphatic heterocycles. The van der Waals surface area contributed by atoms with Gasteiger partial charge in [0.15, 0.2) is 11.6 Å². The van der Waals surface area contributed by atoms with E-state index in [1.165, 1.54) is 31.5 Å². The molecule has 19 heavy (non-hydrogen) atoms. The van der Waals surface area contributed by atoms with Crippen molar-refractivity contribution in [2.75, 3.05) is 11.9 Å². The van der Waals surface area contributed by atoms with Gasteiger partial charge in [0.1, 0.15) is 5.56 Å². The third kappa shape index (κ3) is 3.22. The highest BCUT2D eigenvalue weighted by Gasteiger charge is 2.22. The molecular formula is C14H19FN2O2. The zero-order valence-electron chi connectivity index (χ0n) is 11.0. The van der Waals surface area contributed by atoms with Gasteiger partial charge in [0.2, 0.25) is 0 Å². The number of aromatic nitrogens is 1. The van der Waals surface area contributed by atoms with Crippen LogP contribution in [0.25, 0.3) is 0 Å². The minimum absolute atomic E-state index is 0.0395. The van der Waals surface area contributed by atoms with Crippen LogP contribution in [0.3, 0.4) is 0 Å². The molecule has 104 valence electrons. The monoisotopic (exact) mass is 266 g/mol. The molecule has 4 nitrogen and oxygen atoms in total. The van der Waals surface area contributed by atoms with Crippen LogP contribution in [0.2, 0.25) is 0 Å². The van der Waals surface area contributed by atoms with E-state index in [1.54, 1.807) is 0 Å². The van der Waals surface area contributed by atoms with Gasteiger partial charge in [0.25, 0.3) is 0 Å². The molecule has 1 aromatic heterocycles. The molecule has 5 heteroatoms. The number of halogens is 1. The quantitative estimate of drug-likeness (QED) is 0.878. The summed E-state index contributed by atoms with van der Waals surface area (Å²) in [6, 6.07) is 1.17. The number of nitrogens with one attached hydrogen (secondary N) is 1. The molecule has 0 spiro atoms. The lowest BCUT2D eigenvalue weighted by atomic mass is 9.80. The van der Waals surface area contributed by atoms with Crippen molar-refractivity contribution in [2.45, 2.75) is 32.6 Å². The molecule has 1 saturated carbocycles. The maximum Gasteiger partial charge on any atom is 0.338 e. The Balaban J connectivity index is 2.03. The number of anilines is 1. The fourth-order valence-electron chi connectivity index (χ4n) is 2.66. The maximum atomic E-state index is 13.9. The zero-order chi connectivity index (χ0) is 13.8. The molecule has 1 heterocycles. The maximum absolute atomic E-state index is 13.9. The van der Waals surface area contributed by atoms with E-state index in [0.29, 0.717) is 18.4 Å². The Labute approximate surface area is 112 Å². The largest absolute Gasteiger partial charge is 0.478 e. The van der Waals surface area contributed by atoms with Crippen molar-refractivity contribution in [3.05, 3.63) is 23.6 Å². The number of carboxylic acids is 1. The molecular weight excluding hydrogens is 247 g/mol. The normalized spacial score (nSPS) is 23.1. The Morgan fingerprint density at radius 1 is 1.53 bits per heavy atom. The van der Waals surface area contributed by atoms with Crippen LogP contribution in [0, 0.1) is 17.7 Å². The second kappa shape index (κ2) is 5.99. The summed E-state index contributed by atoms with van der Waals surface area (Å²) >= 11 is 0. The Kier molecular flexibility index (Phi) is 4.35. The van der Waals surface area contributed by atoms with Crippen LogP contribution in [0.1, 0.15) is 43.0 Å². The van der Waals surface area contributed by atoms with E-state index >= 15 is 0 Å². The Bertz CT molecular complexity index is 465. The summed E-state index contributed by atoms with van der Waals surface area (Å²) < 4.78 is 13.9. The van der Waals surface area contributed by atoms with Crippen molar-refractivity contribution >= 4 is 11.8 Å². The van der Waals surface area contributed by atoms with Crippen LogP contribution in [-0.2, 0) is 0 Å². The highest BCUT2D eigenvalue weighted by molar-refractivity contribution is 5.88. The highest BCUT2D eigenvalue weighted by Crippen LogP contribution is 2.29. The third-order valence-electron chi connectivity index (χ3n) is 3.94. The van der Waals surface area contributed by atoms with Crippen LogP contribution < -0.4 is 5.32 Å². The van der Waals surface area contributed by atoms with Gasteiger partial charge in [0.05, 0.1) is 0 Å². The first-order valence-corrected chi connectivity index (χ1v) is 6.71. The Morgan fingerprint density at radius 3 is 2.95 bits per heavy atom. The molecule has 1 aromatic rings. The SMILES string of the molecule is CC1CCCCC1CNc1nccc(C(=O)O)c1F. The zero-order valence-corrected chi connectivity index (χ0v) is 11.0.